The number of aryl methyl sites for hydroxylation is 1. The van der Waals surface area contributed by atoms with Crippen molar-refractivity contribution in [1.29, 1.82) is 0 Å². The Balaban J connectivity index is 1.53. The Morgan fingerprint density at radius 3 is 2.86 bits per heavy atom. The zero-order chi connectivity index (χ0) is 25.9. The molecule has 1 aliphatic carbocycles. The summed E-state index contributed by atoms with van der Waals surface area (Å²) in [4.78, 5) is 2.07. The predicted octanol–water partition coefficient (Wildman–Crippen LogP) is 3.73. The van der Waals surface area contributed by atoms with Gasteiger partial charge < -0.3 is 30.7 Å². The van der Waals surface area contributed by atoms with Crippen LogP contribution in [0.4, 0.5) is 8.78 Å². The van der Waals surface area contributed by atoms with Crippen LogP contribution < -0.4 is 16.0 Å². The molecule has 2 unspecified atom stereocenters. The van der Waals surface area contributed by atoms with Crippen LogP contribution >= 0.6 is 0 Å². The molecular weight excluding hydrogens is 462 g/mol. The van der Waals surface area contributed by atoms with Crippen molar-refractivity contribution in [3.8, 4) is 0 Å². The third-order valence-corrected chi connectivity index (χ3v) is 6.70. The van der Waals surface area contributed by atoms with Gasteiger partial charge >= 0.3 is 0 Å². The highest BCUT2D eigenvalue weighted by Gasteiger charge is 2.27. The van der Waals surface area contributed by atoms with Crippen molar-refractivity contribution in [2.75, 3.05) is 32.8 Å². The predicted molar refractivity (Wildman–Crippen MR) is 140 cm³/mol. The summed E-state index contributed by atoms with van der Waals surface area (Å²) in [6.45, 7) is 12.2. The zero-order valence-electron chi connectivity index (χ0n) is 21.7. The maximum absolute atomic E-state index is 14.4. The van der Waals surface area contributed by atoms with Gasteiger partial charge in [-0.3, -0.25) is 0 Å². The first-order valence-electron chi connectivity index (χ1n) is 13.2. The minimum absolute atomic E-state index is 0.0131. The van der Waals surface area contributed by atoms with Crippen LogP contribution in [0, 0.1) is 11.6 Å². The topological polar surface area (TPSA) is 68.8 Å². The molecule has 1 heterocycles. The number of hydrogen-bond acceptors (Lipinski definition) is 6. The SMILES string of the molecule is C=C1C=CN(CCNCCCOCC)C=C1NC(O)[C@H](CCC)NC1CCc2cc(F)cc(F)c2C1. The Kier molecular flexibility index (Phi) is 11.4. The second-order valence-corrected chi connectivity index (χ2v) is 9.54. The van der Waals surface area contributed by atoms with Crippen molar-refractivity contribution < 1.29 is 18.6 Å². The largest absolute Gasteiger partial charge is 0.382 e. The fraction of sp³-hybridized carbons (Fsp3) is 0.571. The van der Waals surface area contributed by atoms with E-state index in [1.807, 2.05) is 25.4 Å². The van der Waals surface area contributed by atoms with E-state index in [4.69, 9.17) is 4.74 Å². The number of halogens is 2. The molecule has 36 heavy (non-hydrogen) atoms. The van der Waals surface area contributed by atoms with Gasteiger partial charge in [-0.1, -0.05) is 19.9 Å². The highest BCUT2D eigenvalue weighted by atomic mass is 19.1. The number of aliphatic hydroxyl groups is 1. The van der Waals surface area contributed by atoms with E-state index < -0.39 is 17.9 Å². The first-order chi connectivity index (χ1) is 17.4. The van der Waals surface area contributed by atoms with E-state index in [0.29, 0.717) is 18.4 Å². The van der Waals surface area contributed by atoms with Crippen LogP contribution in [0.25, 0.3) is 0 Å². The van der Waals surface area contributed by atoms with Crippen molar-refractivity contribution in [1.82, 2.24) is 20.9 Å². The lowest BCUT2D eigenvalue weighted by molar-refractivity contribution is 0.0919. The lowest BCUT2D eigenvalue weighted by Gasteiger charge is -2.34. The molecule has 1 aromatic rings. The highest BCUT2D eigenvalue weighted by Crippen LogP contribution is 2.26. The molecule has 8 heteroatoms. The molecular formula is C28H42F2N4O2. The van der Waals surface area contributed by atoms with Gasteiger partial charge in [-0.05, 0) is 74.4 Å². The van der Waals surface area contributed by atoms with Gasteiger partial charge in [0.2, 0.25) is 0 Å². The Morgan fingerprint density at radius 2 is 2.08 bits per heavy atom. The van der Waals surface area contributed by atoms with Crippen molar-refractivity contribution in [3.63, 3.8) is 0 Å². The molecule has 0 bridgehead atoms. The summed E-state index contributed by atoms with van der Waals surface area (Å²) in [6.07, 6.45) is 9.56. The van der Waals surface area contributed by atoms with Gasteiger partial charge in [0, 0.05) is 50.8 Å². The molecule has 0 spiro atoms. The molecule has 0 saturated carbocycles. The van der Waals surface area contributed by atoms with Gasteiger partial charge in [-0.25, -0.2) is 8.78 Å². The third kappa shape index (κ3) is 8.40. The monoisotopic (exact) mass is 504 g/mol. The standard InChI is InChI=1S/C28H42F2N4O2/c1-4-7-26(32-23-9-8-21-16-22(29)17-25(30)24(21)18-23)28(35)33-27-19-34(13-10-20(27)3)14-12-31-11-6-15-36-5-2/h10,13,16-17,19,23,26,28,31-33,35H,3-9,11-12,14-15,18H2,1-2H3/t23?,26-,28?/m0/s1. The third-order valence-electron chi connectivity index (χ3n) is 6.70. The number of allylic oxidation sites excluding steroid dienone is 1. The molecule has 1 aliphatic heterocycles. The second kappa shape index (κ2) is 14.5. The number of nitrogens with one attached hydrogen (secondary N) is 3. The van der Waals surface area contributed by atoms with Crippen molar-refractivity contribution in [3.05, 3.63) is 71.2 Å². The van der Waals surface area contributed by atoms with Gasteiger partial charge in [-0.15, -0.1) is 0 Å². The van der Waals surface area contributed by atoms with E-state index in [9.17, 15) is 13.9 Å². The lowest BCUT2D eigenvalue weighted by Crippen LogP contribution is -2.52. The Hall–Kier alpha value is -2.26. The summed E-state index contributed by atoms with van der Waals surface area (Å²) in [5, 5.41) is 21.3. The molecule has 200 valence electrons. The van der Waals surface area contributed by atoms with E-state index in [2.05, 4.69) is 34.4 Å². The molecule has 6 nitrogen and oxygen atoms in total. The molecule has 0 aromatic heterocycles. The quantitative estimate of drug-likeness (QED) is 0.216. The van der Waals surface area contributed by atoms with Crippen LogP contribution in [-0.4, -0.2) is 61.2 Å². The molecule has 0 saturated heterocycles. The van der Waals surface area contributed by atoms with Gasteiger partial charge in [0.25, 0.3) is 0 Å². The summed E-state index contributed by atoms with van der Waals surface area (Å²) in [7, 11) is 0. The molecule has 4 N–H and O–H groups in total. The van der Waals surface area contributed by atoms with Crippen molar-refractivity contribution in [2.45, 2.75) is 70.7 Å². The lowest BCUT2D eigenvalue weighted by atomic mass is 9.87. The minimum atomic E-state index is -0.836. The van der Waals surface area contributed by atoms with Crippen LogP contribution in [0.15, 0.2) is 48.5 Å². The summed E-state index contributed by atoms with van der Waals surface area (Å²) in [5.74, 6) is -1.01. The van der Waals surface area contributed by atoms with Crippen LogP contribution in [0.2, 0.25) is 0 Å². The number of ether oxygens (including phenoxy) is 1. The van der Waals surface area contributed by atoms with E-state index in [-0.39, 0.29) is 12.1 Å². The molecule has 2 aliphatic rings. The van der Waals surface area contributed by atoms with E-state index >= 15 is 0 Å². The van der Waals surface area contributed by atoms with Crippen LogP contribution in [0.5, 0.6) is 0 Å². The van der Waals surface area contributed by atoms with Crippen molar-refractivity contribution in [2.24, 2.45) is 0 Å². The minimum Gasteiger partial charge on any atom is -0.382 e. The zero-order valence-corrected chi connectivity index (χ0v) is 21.7. The number of hydrogen-bond donors (Lipinski definition) is 4. The number of fused-ring (bicyclic) bond motifs is 1. The summed E-state index contributed by atoms with van der Waals surface area (Å²) in [5.41, 5.74) is 2.91. The van der Waals surface area contributed by atoms with Gasteiger partial charge in [-0.2, -0.15) is 0 Å². The number of nitrogens with zero attached hydrogens (tertiary/aromatic N) is 1. The molecule has 3 rings (SSSR count). The van der Waals surface area contributed by atoms with Crippen LogP contribution in [0.1, 0.15) is 50.7 Å². The maximum atomic E-state index is 14.4. The Bertz CT molecular complexity index is 921. The van der Waals surface area contributed by atoms with Crippen molar-refractivity contribution >= 4 is 0 Å². The maximum Gasteiger partial charge on any atom is 0.140 e. The Morgan fingerprint density at radius 1 is 1.25 bits per heavy atom. The highest BCUT2D eigenvalue weighted by molar-refractivity contribution is 5.39. The summed E-state index contributed by atoms with van der Waals surface area (Å²) >= 11 is 0. The first-order valence-corrected chi connectivity index (χ1v) is 13.2. The van der Waals surface area contributed by atoms with Crippen LogP contribution in [0.3, 0.4) is 0 Å². The molecule has 3 atom stereocenters. The van der Waals surface area contributed by atoms with Crippen LogP contribution in [-0.2, 0) is 17.6 Å². The van der Waals surface area contributed by atoms with Gasteiger partial charge in [0.15, 0.2) is 0 Å². The number of aliphatic hydroxyl groups excluding tert-OH is 1. The fourth-order valence-electron chi connectivity index (χ4n) is 4.75. The Labute approximate surface area is 214 Å². The second-order valence-electron chi connectivity index (χ2n) is 9.54. The van der Waals surface area contributed by atoms with E-state index in [1.165, 1.54) is 6.07 Å². The van der Waals surface area contributed by atoms with E-state index in [1.54, 1.807) is 0 Å². The van der Waals surface area contributed by atoms with Gasteiger partial charge in [0.05, 0.1) is 11.7 Å². The van der Waals surface area contributed by atoms with E-state index in [0.717, 1.165) is 81.4 Å². The van der Waals surface area contributed by atoms with Gasteiger partial charge in [0.1, 0.15) is 17.9 Å². The fourth-order valence-corrected chi connectivity index (χ4v) is 4.75. The number of benzene rings is 1. The molecule has 0 fully saturated rings. The molecule has 0 amide bonds. The summed E-state index contributed by atoms with van der Waals surface area (Å²) in [6, 6.07) is 2.19. The number of rotatable bonds is 15. The smallest absolute Gasteiger partial charge is 0.140 e. The molecule has 0 radical (unpaired) electrons. The summed E-state index contributed by atoms with van der Waals surface area (Å²) < 4.78 is 33.3. The molecule has 1 aromatic carbocycles. The normalized spacial score (nSPS) is 19.1. The average Bonchev–Trinajstić information content (AvgIpc) is 2.85. The first kappa shape index (κ1) is 28.3. The average molecular weight is 505 g/mol.